The van der Waals surface area contributed by atoms with Crippen molar-refractivity contribution in [3.63, 3.8) is 0 Å². The fourth-order valence-electron chi connectivity index (χ4n) is 3.10. The van der Waals surface area contributed by atoms with Crippen LogP contribution >= 0.6 is 11.6 Å². The molecule has 3 rings (SSSR count). The molecule has 1 aliphatic heterocycles. The minimum atomic E-state index is -0.0891. The molecule has 0 unspecified atom stereocenters. The summed E-state index contributed by atoms with van der Waals surface area (Å²) in [6.45, 7) is 5.95. The van der Waals surface area contributed by atoms with Crippen molar-refractivity contribution in [3.8, 4) is 5.75 Å². The molecular weight excluding hydrogens is 338 g/mol. The van der Waals surface area contributed by atoms with Crippen molar-refractivity contribution in [1.82, 2.24) is 14.7 Å². The van der Waals surface area contributed by atoms with Crippen molar-refractivity contribution in [3.05, 3.63) is 46.2 Å². The van der Waals surface area contributed by atoms with E-state index in [1.807, 2.05) is 36.1 Å². The van der Waals surface area contributed by atoms with Crippen LogP contribution in [-0.2, 0) is 7.05 Å². The third kappa shape index (κ3) is 3.98. The Bertz CT molecular complexity index is 755. The molecule has 1 aromatic heterocycles. The molecule has 1 atom stereocenters. The van der Waals surface area contributed by atoms with E-state index in [2.05, 4.69) is 12.0 Å². The van der Waals surface area contributed by atoms with E-state index in [0.717, 1.165) is 30.8 Å². The number of amides is 1. The molecule has 134 valence electrons. The van der Waals surface area contributed by atoms with Crippen LogP contribution in [0.4, 0.5) is 0 Å². The fourth-order valence-corrected chi connectivity index (χ4v) is 3.34. The highest BCUT2D eigenvalue weighted by Crippen LogP contribution is 2.24. The van der Waals surface area contributed by atoms with Crippen molar-refractivity contribution < 1.29 is 9.53 Å². The molecule has 5 nitrogen and oxygen atoms in total. The number of aryl methyl sites for hydroxylation is 2. The van der Waals surface area contributed by atoms with Crippen molar-refractivity contribution >= 4 is 17.5 Å². The van der Waals surface area contributed by atoms with Gasteiger partial charge in [-0.3, -0.25) is 9.48 Å². The van der Waals surface area contributed by atoms with Crippen LogP contribution in [0.25, 0.3) is 0 Å². The number of piperidine rings is 1. The highest BCUT2D eigenvalue weighted by Gasteiger charge is 2.28. The largest absolute Gasteiger partial charge is 0.493 e. The first-order chi connectivity index (χ1) is 12.0. The second kappa shape index (κ2) is 7.48. The Morgan fingerprint density at radius 2 is 2.04 bits per heavy atom. The number of benzene rings is 1. The zero-order valence-corrected chi connectivity index (χ0v) is 15.7. The molecule has 6 heteroatoms. The summed E-state index contributed by atoms with van der Waals surface area (Å²) in [4.78, 5) is 14.6. The van der Waals surface area contributed by atoms with Crippen molar-refractivity contribution in [2.75, 3.05) is 19.7 Å². The Morgan fingerprint density at radius 3 is 2.68 bits per heavy atom. The van der Waals surface area contributed by atoms with Gasteiger partial charge in [-0.05, 0) is 38.8 Å². The number of aromatic nitrogens is 2. The summed E-state index contributed by atoms with van der Waals surface area (Å²) < 4.78 is 7.55. The van der Waals surface area contributed by atoms with Gasteiger partial charge in [-0.15, -0.1) is 0 Å². The van der Waals surface area contributed by atoms with Crippen LogP contribution in [0.5, 0.6) is 5.75 Å². The SMILES string of the molecule is Cc1ccc(OC[C@H]2CCCN(C(=O)c3nn(C)c(C)c3Cl)C2)cc1. The lowest BCUT2D eigenvalue weighted by Gasteiger charge is -2.32. The second-order valence-electron chi connectivity index (χ2n) is 6.76. The summed E-state index contributed by atoms with van der Waals surface area (Å²) in [5, 5.41) is 4.72. The summed E-state index contributed by atoms with van der Waals surface area (Å²) in [6, 6.07) is 8.05. The normalized spacial score (nSPS) is 17.6. The van der Waals surface area contributed by atoms with Gasteiger partial charge in [-0.25, -0.2) is 0 Å². The molecule has 2 aromatic rings. The Balaban J connectivity index is 1.61. The fraction of sp³-hybridized carbons (Fsp3) is 0.474. The third-order valence-electron chi connectivity index (χ3n) is 4.78. The van der Waals surface area contributed by atoms with E-state index >= 15 is 0 Å². The van der Waals surface area contributed by atoms with Gasteiger partial charge in [0.25, 0.3) is 5.91 Å². The van der Waals surface area contributed by atoms with Crippen molar-refractivity contribution in [2.45, 2.75) is 26.7 Å². The Hall–Kier alpha value is -2.01. The van der Waals surface area contributed by atoms with Gasteiger partial charge in [0.2, 0.25) is 0 Å². The number of carbonyl (C=O) groups excluding carboxylic acids is 1. The van der Waals surface area contributed by atoms with Crippen molar-refractivity contribution in [2.24, 2.45) is 13.0 Å². The van der Waals surface area contributed by atoms with E-state index in [1.54, 1.807) is 11.7 Å². The van der Waals surface area contributed by atoms with Gasteiger partial charge < -0.3 is 9.64 Å². The Kier molecular flexibility index (Phi) is 5.33. The lowest BCUT2D eigenvalue weighted by molar-refractivity contribution is 0.0627. The Morgan fingerprint density at radius 1 is 1.32 bits per heavy atom. The molecule has 0 saturated carbocycles. The van der Waals surface area contributed by atoms with Gasteiger partial charge in [0, 0.05) is 26.1 Å². The van der Waals surface area contributed by atoms with E-state index < -0.39 is 0 Å². The molecule has 0 spiro atoms. The first-order valence-corrected chi connectivity index (χ1v) is 9.01. The lowest BCUT2D eigenvalue weighted by Crippen LogP contribution is -2.41. The molecule has 2 heterocycles. The molecule has 1 fully saturated rings. The standard InChI is InChI=1S/C19H24ClN3O2/c1-13-6-8-16(9-7-13)25-12-15-5-4-10-23(11-15)19(24)18-17(20)14(2)22(3)21-18/h6-9,15H,4-5,10-12H2,1-3H3/t15-/m0/s1. The summed E-state index contributed by atoms with van der Waals surface area (Å²) >= 11 is 6.26. The van der Waals surface area contributed by atoms with Gasteiger partial charge in [0.15, 0.2) is 5.69 Å². The molecule has 1 aromatic carbocycles. The summed E-state index contributed by atoms with van der Waals surface area (Å²) in [7, 11) is 1.80. The van der Waals surface area contributed by atoms with E-state index in [0.29, 0.717) is 29.8 Å². The summed E-state index contributed by atoms with van der Waals surface area (Å²) in [5.74, 6) is 1.11. The summed E-state index contributed by atoms with van der Waals surface area (Å²) in [5.41, 5.74) is 2.37. The molecule has 25 heavy (non-hydrogen) atoms. The molecule has 1 aliphatic rings. The average molecular weight is 362 g/mol. The highest BCUT2D eigenvalue weighted by molar-refractivity contribution is 6.34. The smallest absolute Gasteiger partial charge is 0.275 e. The molecule has 1 amide bonds. The number of hydrogen-bond acceptors (Lipinski definition) is 3. The number of likely N-dealkylation sites (tertiary alicyclic amines) is 1. The zero-order chi connectivity index (χ0) is 18.0. The van der Waals surface area contributed by atoms with Crippen LogP contribution in [0.15, 0.2) is 24.3 Å². The minimum Gasteiger partial charge on any atom is -0.493 e. The lowest BCUT2D eigenvalue weighted by atomic mass is 9.98. The molecule has 0 bridgehead atoms. The number of hydrogen-bond donors (Lipinski definition) is 0. The first-order valence-electron chi connectivity index (χ1n) is 8.63. The summed E-state index contributed by atoms with van der Waals surface area (Å²) in [6.07, 6.45) is 2.03. The van der Waals surface area contributed by atoms with Crippen LogP contribution in [0.2, 0.25) is 5.02 Å². The van der Waals surface area contributed by atoms with Crippen LogP contribution in [0, 0.1) is 19.8 Å². The quantitative estimate of drug-likeness (QED) is 0.835. The zero-order valence-electron chi connectivity index (χ0n) is 15.0. The number of carbonyl (C=O) groups is 1. The van der Waals surface area contributed by atoms with Gasteiger partial charge in [0.1, 0.15) is 5.75 Å². The maximum atomic E-state index is 12.8. The van der Waals surface area contributed by atoms with Gasteiger partial charge in [-0.2, -0.15) is 5.10 Å². The topological polar surface area (TPSA) is 47.4 Å². The molecular formula is C19H24ClN3O2. The van der Waals surface area contributed by atoms with Crippen LogP contribution in [0.3, 0.4) is 0 Å². The van der Waals surface area contributed by atoms with Crippen LogP contribution in [0.1, 0.15) is 34.6 Å². The van der Waals surface area contributed by atoms with E-state index in [-0.39, 0.29) is 5.91 Å². The minimum absolute atomic E-state index is 0.0891. The monoisotopic (exact) mass is 361 g/mol. The number of nitrogens with zero attached hydrogens (tertiary/aromatic N) is 3. The molecule has 0 N–H and O–H groups in total. The highest BCUT2D eigenvalue weighted by atomic mass is 35.5. The maximum Gasteiger partial charge on any atom is 0.275 e. The van der Waals surface area contributed by atoms with Gasteiger partial charge in [-0.1, -0.05) is 29.3 Å². The van der Waals surface area contributed by atoms with Crippen molar-refractivity contribution in [1.29, 1.82) is 0 Å². The molecule has 1 saturated heterocycles. The van der Waals surface area contributed by atoms with Crippen LogP contribution in [-0.4, -0.2) is 40.3 Å². The molecule has 0 radical (unpaired) electrons. The number of halogens is 1. The Labute approximate surface area is 153 Å². The average Bonchev–Trinajstić information content (AvgIpc) is 2.88. The second-order valence-corrected chi connectivity index (χ2v) is 7.13. The number of rotatable bonds is 4. The number of ether oxygens (including phenoxy) is 1. The first kappa shape index (κ1) is 17.8. The van der Waals surface area contributed by atoms with Crippen LogP contribution < -0.4 is 4.74 Å². The maximum absolute atomic E-state index is 12.8. The van der Waals surface area contributed by atoms with E-state index in [9.17, 15) is 4.79 Å². The third-order valence-corrected chi connectivity index (χ3v) is 5.23. The van der Waals surface area contributed by atoms with Gasteiger partial charge in [0.05, 0.1) is 17.3 Å². The van der Waals surface area contributed by atoms with E-state index in [4.69, 9.17) is 16.3 Å². The molecule has 0 aliphatic carbocycles. The predicted molar refractivity (Wildman–Crippen MR) is 98.3 cm³/mol. The predicted octanol–water partition coefficient (Wildman–Crippen LogP) is 3.62. The van der Waals surface area contributed by atoms with E-state index in [1.165, 1.54) is 5.56 Å². The van der Waals surface area contributed by atoms with Gasteiger partial charge >= 0.3 is 0 Å².